The smallest absolute Gasteiger partial charge is 0.164 e. The molecule has 0 radical (unpaired) electrons. The van der Waals surface area contributed by atoms with Crippen LogP contribution in [0, 0.1) is 0 Å². The van der Waals surface area contributed by atoms with Crippen molar-refractivity contribution in [3.63, 3.8) is 0 Å². The molecular formula is C122H78N20. The van der Waals surface area contributed by atoms with Gasteiger partial charge in [0.05, 0.1) is 22.1 Å². The lowest BCUT2D eigenvalue weighted by Crippen LogP contribution is -2.00. The van der Waals surface area contributed by atoms with E-state index >= 15 is 0 Å². The van der Waals surface area contributed by atoms with E-state index in [1.54, 1.807) is 0 Å². The molecule has 142 heavy (non-hydrogen) atoms. The zero-order valence-electron chi connectivity index (χ0n) is 76.0. The summed E-state index contributed by atoms with van der Waals surface area (Å²) in [6, 6.07) is 146. The summed E-state index contributed by atoms with van der Waals surface area (Å²) >= 11 is 0. The summed E-state index contributed by atoms with van der Waals surface area (Å²) in [7, 11) is 0. The third-order valence-electron chi connectivity index (χ3n) is 25.4. The predicted molar refractivity (Wildman–Crippen MR) is 567 cm³/mol. The van der Waals surface area contributed by atoms with Crippen LogP contribution in [0.5, 0.6) is 0 Å². The number of nitrogens with zero attached hydrogens (tertiary/aromatic N) is 20. The SMILES string of the molecule is c1ccc(-c2nc(-c3ccccc3)nc(-c3cc(-c4ccc5c(c4)c4cccnc4n5-c4ccccn4)cc(-c4ccc5c(c4)c4cccnc4n5-c4ccccn4)c3)n2)cc1.c1ccc(-c2nc(-c3ccccc3)nc(-c3ccc(-n4c5ccccc5c5cccnc54)cc3)n2)cc1.c1ccc(-c2nc(-c3ccccc3)nc(-c3cccc(-c4ccc5c(c4)c4cccnc4n5-c4ccccn4)c3)n2)cc1. The lowest BCUT2D eigenvalue weighted by molar-refractivity contribution is 1.06. The van der Waals surface area contributed by atoms with Crippen LogP contribution in [-0.2, 0) is 0 Å². The van der Waals surface area contributed by atoms with Gasteiger partial charge in [0.15, 0.2) is 52.4 Å². The molecule has 0 unspecified atom stereocenters. The molecule has 13 aromatic carbocycles. The minimum Gasteiger partial charge on any atom is -0.294 e. The van der Waals surface area contributed by atoms with Gasteiger partial charge in [-0.1, -0.05) is 255 Å². The fraction of sp³-hybridized carbons (Fsp3) is 0. The molecule has 0 aliphatic rings. The van der Waals surface area contributed by atoms with Crippen LogP contribution in [0.15, 0.2) is 474 Å². The highest BCUT2D eigenvalue weighted by molar-refractivity contribution is 6.13. The molecule has 0 aliphatic heterocycles. The number of pyridine rings is 7. The highest BCUT2D eigenvalue weighted by atomic mass is 15.1. The van der Waals surface area contributed by atoms with Gasteiger partial charge in [0, 0.05) is 142 Å². The van der Waals surface area contributed by atoms with Crippen LogP contribution in [-0.4, -0.2) is 98.0 Å². The Morgan fingerprint density at radius 1 is 0.127 bits per heavy atom. The summed E-state index contributed by atoms with van der Waals surface area (Å²) in [5, 5.41) is 8.79. The normalized spacial score (nSPS) is 11.4. The second-order valence-electron chi connectivity index (χ2n) is 34.2. The van der Waals surface area contributed by atoms with Gasteiger partial charge in [0.2, 0.25) is 0 Å². The van der Waals surface area contributed by atoms with Gasteiger partial charge in [-0.15, -0.1) is 0 Å². The van der Waals surface area contributed by atoms with E-state index in [0.29, 0.717) is 52.4 Å². The van der Waals surface area contributed by atoms with Crippen LogP contribution in [0.25, 0.3) is 247 Å². The minimum absolute atomic E-state index is 0.579. The Kier molecular flexibility index (Phi) is 21.7. The second-order valence-corrected chi connectivity index (χ2v) is 34.2. The van der Waals surface area contributed by atoms with E-state index in [1.165, 1.54) is 5.39 Å². The fourth-order valence-electron chi connectivity index (χ4n) is 18.8. The molecule has 0 spiro atoms. The first-order valence-electron chi connectivity index (χ1n) is 46.6. The van der Waals surface area contributed by atoms with Crippen LogP contribution in [0.3, 0.4) is 0 Å². The number of rotatable bonds is 16. The Balaban J connectivity index is 0.000000117. The van der Waals surface area contributed by atoms with Crippen LogP contribution in [0.1, 0.15) is 0 Å². The summed E-state index contributed by atoms with van der Waals surface area (Å²) in [5.41, 5.74) is 23.4. The van der Waals surface area contributed by atoms with E-state index in [4.69, 9.17) is 74.8 Å². The van der Waals surface area contributed by atoms with Gasteiger partial charge < -0.3 is 0 Å². The molecule has 14 aromatic heterocycles. The van der Waals surface area contributed by atoms with Gasteiger partial charge in [-0.3, -0.25) is 18.3 Å². The van der Waals surface area contributed by atoms with Gasteiger partial charge in [-0.2, -0.15) is 0 Å². The quantitative estimate of drug-likeness (QED) is 0.0876. The Bertz CT molecular complexity index is 8980. The third-order valence-corrected chi connectivity index (χ3v) is 25.4. The molecule has 27 aromatic rings. The zero-order chi connectivity index (χ0) is 94.2. The maximum atomic E-state index is 5.17. The molecule has 0 aliphatic carbocycles. The van der Waals surface area contributed by atoms with Crippen LogP contribution in [0.2, 0.25) is 0 Å². The monoisotopic (exact) mass is 1820 g/mol. The predicted octanol–water partition coefficient (Wildman–Crippen LogP) is 27.8. The molecule has 666 valence electrons. The fourth-order valence-corrected chi connectivity index (χ4v) is 18.8. The third kappa shape index (κ3) is 16.0. The molecule has 27 rings (SSSR count). The maximum absolute atomic E-state index is 5.17. The molecule has 0 amide bonds. The highest BCUT2D eigenvalue weighted by Gasteiger charge is 2.25. The number of hydrogen-bond acceptors (Lipinski definition) is 16. The summed E-state index contributed by atoms with van der Waals surface area (Å²) in [5.74, 6) is 8.13. The number of fused-ring (bicyclic) bond motifs is 12. The lowest BCUT2D eigenvalue weighted by Gasteiger charge is -2.13. The van der Waals surface area contributed by atoms with Crippen molar-refractivity contribution < 1.29 is 0 Å². The van der Waals surface area contributed by atoms with Crippen molar-refractivity contribution in [2.45, 2.75) is 0 Å². The average molecular weight is 1820 g/mol. The zero-order valence-corrected chi connectivity index (χ0v) is 76.0. The molecule has 0 saturated carbocycles. The number of hydrogen-bond donors (Lipinski definition) is 0. The van der Waals surface area contributed by atoms with Crippen molar-refractivity contribution in [1.29, 1.82) is 0 Å². The standard InChI is InChI=1S/C53H33N9.C37H24N6.C32H21N5/c1-3-13-34(14-4-1)49-58-50(35-15-5-2-6-16-35)60-51(59-49)40-30-38(36-21-23-45-43(32-36)41-17-11-27-56-52(41)61(45)47-19-7-9-25-54-47)29-39(31-40)37-22-24-46-44(33-37)42-18-12-28-57-53(42)62(46)48-20-8-10-26-55-48;1-3-11-25(12-4-1)34-40-35(26-13-5-2-6-14-26)42-36(41-34)29-16-9-15-27(23-29)28-19-20-32-31(24-28)30-17-10-22-39-37(30)43(32)33-18-7-8-21-38-33;1-3-10-22(11-4-1)29-34-30(23-12-5-2-6-13-23)36-31(35-29)24-17-19-25(20-18-24)37-28-16-8-7-14-26(28)27-15-9-21-33-32(27)37/h1-33H;1-24H;1-21H. The molecule has 0 saturated heterocycles. The average Bonchev–Trinajstić information content (AvgIpc) is 1.64. The van der Waals surface area contributed by atoms with Gasteiger partial charge in [0.1, 0.15) is 40.0 Å². The number of para-hydroxylation sites is 1. The Hall–Kier alpha value is -19.9. The molecule has 20 heteroatoms. The Labute approximate surface area is 813 Å². The van der Waals surface area contributed by atoms with Crippen molar-refractivity contribution in [2.24, 2.45) is 0 Å². The van der Waals surface area contributed by atoms with Crippen LogP contribution in [0.4, 0.5) is 0 Å². The molecule has 0 bridgehead atoms. The number of benzene rings is 13. The summed E-state index contributed by atoms with van der Waals surface area (Å²) in [6.45, 7) is 0. The van der Waals surface area contributed by atoms with E-state index in [9.17, 15) is 0 Å². The first-order valence-corrected chi connectivity index (χ1v) is 46.6. The number of aromatic nitrogens is 20. The molecule has 14 heterocycles. The largest absolute Gasteiger partial charge is 0.294 e. The first kappa shape index (κ1) is 83.9. The van der Waals surface area contributed by atoms with Crippen molar-refractivity contribution >= 4 is 87.7 Å². The maximum Gasteiger partial charge on any atom is 0.164 e. The Morgan fingerprint density at radius 2 is 0.359 bits per heavy atom. The van der Waals surface area contributed by atoms with Gasteiger partial charge in [0.25, 0.3) is 0 Å². The lowest BCUT2D eigenvalue weighted by atomic mass is 9.94. The van der Waals surface area contributed by atoms with E-state index in [-0.39, 0.29) is 0 Å². The van der Waals surface area contributed by atoms with E-state index < -0.39 is 0 Å². The topological polar surface area (TPSA) is 226 Å². The van der Waals surface area contributed by atoms with Gasteiger partial charge >= 0.3 is 0 Å². The Morgan fingerprint density at radius 3 is 0.704 bits per heavy atom. The van der Waals surface area contributed by atoms with Crippen molar-refractivity contribution in [3.8, 4) is 159 Å². The summed E-state index contributed by atoms with van der Waals surface area (Å²) in [4.78, 5) is 77.6. The van der Waals surface area contributed by atoms with Gasteiger partial charge in [-0.25, -0.2) is 79.7 Å². The van der Waals surface area contributed by atoms with E-state index in [0.717, 1.165) is 189 Å². The van der Waals surface area contributed by atoms with Crippen LogP contribution < -0.4 is 0 Å². The molecule has 0 N–H and O–H groups in total. The minimum atomic E-state index is 0.579. The highest BCUT2D eigenvalue weighted by Crippen LogP contribution is 2.43. The van der Waals surface area contributed by atoms with Crippen molar-refractivity contribution in [1.82, 2.24) is 98.0 Å². The van der Waals surface area contributed by atoms with Crippen LogP contribution >= 0.6 is 0 Å². The molecule has 0 fully saturated rings. The molecule has 20 nitrogen and oxygen atoms in total. The van der Waals surface area contributed by atoms with Crippen molar-refractivity contribution in [2.75, 3.05) is 0 Å². The summed E-state index contributed by atoms with van der Waals surface area (Å²) in [6.07, 6.45) is 12.8. The van der Waals surface area contributed by atoms with E-state index in [2.05, 4.69) is 193 Å². The summed E-state index contributed by atoms with van der Waals surface area (Å²) < 4.78 is 8.57. The van der Waals surface area contributed by atoms with Gasteiger partial charge in [-0.05, 0) is 209 Å². The molecular weight excluding hydrogens is 1750 g/mol. The van der Waals surface area contributed by atoms with E-state index in [1.807, 2.05) is 304 Å². The second kappa shape index (κ2) is 36.7. The molecule has 0 atom stereocenters. The first-order chi connectivity index (χ1) is 70.4. The van der Waals surface area contributed by atoms with Crippen molar-refractivity contribution in [3.05, 3.63) is 474 Å².